The molecule has 1 amide bonds. The van der Waals surface area contributed by atoms with Gasteiger partial charge in [-0.15, -0.1) is 0 Å². The largest absolute Gasteiger partial charge is 0.380 e. The molecule has 1 spiro atoms. The van der Waals surface area contributed by atoms with Crippen molar-refractivity contribution in [3.63, 3.8) is 0 Å². The molecule has 4 aliphatic rings. The summed E-state index contributed by atoms with van der Waals surface area (Å²) >= 11 is 0. The first-order valence-corrected chi connectivity index (χ1v) is 10.5. The van der Waals surface area contributed by atoms with Crippen LogP contribution in [-0.2, 0) is 16.6 Å². The predicted molar refractivity (Wildman–Crippen MR) is 103 cm³/mol. The Morgan fingerprint density at radius 3 is 2.63 bits per heavy atom. The second kappa shape index (κ2) is 6.87. The standard InChI is InChI=1S/C20H31N5O2/c1-22-14-18(12-21-22)25-10-9-24(13-16-2-3-16)20(19(25)26)5-7-23(8-6-20)17-4-11-27-15-17/h12,14,16-17H,2-11,13,15H2,1H3. The Labute approximate surface area is 161 Å². The molecule has 0 radical (unpaired) electrons. The zero-order valence-corrected chi connectivity index (χ0v) is 16.3. The summed E-state index contributed by atoms with van der Waals surface area (Å²) in [6.07, 6.45) is 9.46. The Kier molecular flexibility index (Phi) is 4.49. The minimum Gasteiger partial charge on any atom is -0.380 e. The van der Waals surface area contributed by atoms with Crippen molar-refractivity contribution in [2.24, 2.45) is 13.0 Å². The number of aryl methyl sites for hydroxylation is 1. The van der Waals surface area contributed by atoms with Crippen molar-refractivity contribution < 1.29 is 9.53 Å². The van der Waals surface area contributed by atoms with Gasteiger partial charge in [-0.05, 0) is 38.0 Å². The average molecular weight is 374 g/mol. The fourth-order valence-corrected chi connectivity index (χ4v) is 5.19. The van der Waals surface area contributed by atoms with Crippen molar-refractivity contribution in [1.29, 1.82) is 0 Å². The normalized spacial score (nSPS) is 29.7. The van der Waals surface area contributed by atoms with Crippen molar-refractivity contribution in [1.82, 2.24) is 19.6 Å². The van der Waals surface area contributed by atoms with Crippen molar-refractivity contribution in [2.75, 3.05) is 50.8 Å². The van der Waals surface area contributed by atoms with E-state index in [1.54, 1.807) is 4.68 Å². The second-order valence-electron chi connectivity index (χ2n) is 8.80. The van der Waals surface area contributed by atoms with Gasteiger partial charge in [0.05, 0.1) is 18.5 Å². The highest BCUT2D eigenvalue weighted by Crippen LogP contribution is 2.40. The SMILES string of the molecule is Cn1cc(N2CCN(CC3CC3)C3(CCN(C4CCOC4)CC3)C2=O)cn1. The van der Waals surface area contributed by atoms with E-state index >= 15 is 0 Å². The summed E-state index contributed by atoms with van der Waals surface area (Å²) in [5.74, 6) is 1.10. The highest BCUT2D eigenvalue weighted by Gasteiger charge is 2.52. The molecule has 148 valence electrons. The van der Waals surface area contributed by atoms with Crippen LogP contribution in [0.25, 0.3) is 0 Å². The predicted octanol–water partition coefficient (Wildman–Crippen LogP) is 1.10. The molecule has 4 heterocycles. The van der Waals surface area contributed by atoms with Crippen LogP contribution in [0.2, 0.25) is 0 Å². The minimum atomic E-state index is -0.327. The van der Waals surface area contributed by atoms with E-state index in [2.05, 4.69) is 14.9 Å². The van der Waals surface area contributed by atoms with Gasteiger partial charge in [-0.1, -0.05) is 0 Å². The van der Waals surface area contributed by atoms with Crippen LogP contribution in [0.15, 0.2) is 12.4 Å². The highest BCUT2D eigenvalue weighted by atomic mass is 16.5. The molecule has 4 fully saturated rings. The van der Waals surface area contributed by atoms with Crippen LogP contribution in [0.4, 0.5) is 5.69 Å². The third kappa shape index (κ3) is 3.19. The zero-order chi connectivity index (χ0) is 18.4. The molecule has 27 heavy (non-hydrogen) atoms. The smallest absolute Gasteiger partial charge is 0.247 e. The van der Waals surface area contributed by atoms with Gasteiger partial charge in [0.1, 0.15) is 5.54 Å². The molecule has 1 atom stereocenters. The zero-order valence-electron chi connectivity index (χ0n) is 16.3. The Balaban J connectivity index is 1.37. The highest BCUT2D eigenvalue weighted by molar-refractivity contribution is 6.01. The fourth-order valence-electron chi connectivity index (χ4n) is 5.19. The topological polar surface area (TPSA) is 53.8 Å². The van der Waals surface area contributed by atoms with E-state index in [-0.39, 0.29) is 5.54 Å². The number of amides is 1. The first-order valence-electron chi connectivity index (χ1n) is 10.5. The molecule has 1 unspecified atom stereocenters. The van der Waals surface area contributed by atoms with Gasteiger partial charge in [-0.25, -0.2) is 0 Å². The van der Waals surface area contributed by atoms with Crippen LogP contribution in [0.1, 0.15) is 32.1 Å². The fraction of sp³-hybridized carbons (Fsp3) is 0.800. The summed E-state index contributed by atoms with van der Waals surface area (Å²) < 4.78 is 7.38. The minimum absolute atomic E-state index is 0.296. The number of anilines is 1. The summed E-state index contributed by atoms with van der Waals surface area (Å²) in [6.45, 7) is 6.59. The number of carbonyl (C=O) groups is 1. The Bertz CT molecular complexity index is 686. The number of nitrogens with zero attached hydrogens (tertiary/aromatic N) is 5. The Morgan fingerprint density at radius 2 is 2.00 bits per heavy atom. The van der Waals surface area contributed by atoms with E-state index in [1.807, 2.05) is 24.3 Å². The van der Waals surface area contributed by atoms with Gasteiger partial charge in [0.25, 0.3) is 0 Å². The summed E-state index contributed by atoms with van der Waals surface area (Å²) in [4.78, 5) is 20.9. The number of hydrogen-bond acceptors (Lipinski definition) is 5. The molecule has 0 N–H and O–H groups in total. The lowest BCUT2D eigenvalue weighted by atomic mass is 9.81. The van der Waals surface area contributed by atoms with Crippen molar-refractivity contribution in [2.45, 2.75) is 43.7 Å². The third-order valence-corrected chi connectivity index (χ3v) is 7.07. The molecule has 7 heteroatoms. The van der Waals surface area contributed by atoms with Crippen LogP contribution >= 0.6 is 0 Å². The number of aromatic nitrogens is 2. The average Bonchev–Trinajstić information content (AvgIpc) is 3.14. The van der Waals surface area contributed by atoms with Gasteiger partial charge < -0.3 is 9.64 Å². The van der Waals surface area contributed by atoms with Gasteiger partial charge in [0.2, 0.25) is 5.91 Å². The van der Waals surface area contributed by atoms with Crippen LogP contribution in [-0.4, -0.2) is 83.0 Å². The molecular formula is C20H31N5O2. The monoisotopic (exact) mass is 373 g/mol. The van der Waals surface area contributed by atoms with Crippen LogP contribution < -0.4 is 4.90 Å². The number of piperidine rings is 1. The molecule has 3 aliphatic heterocycles. The molecular weight excluding hydrogens is 342 g/mol. The molecule has 1 aromatic rings. The lowest BCUT2D eigenvalue weighted by Gasteiger charge is -2.53. The quantitative estimate of drug-likeness (QED) is 0.791. The lowest BCUT2D eigenvalue weighted by molar-refractivity contribution is -0.138. The summed E-state index contributed by atoms with van der Waals surface area (Å²) in [7, 11) is 1.91. The lowest BCUT2D eigenvalue weighted by Crippen LogP contribution is -2.69. The van der Waals surface area contributed by atoms with E-state index in [9.17, 15) is 4.79 Å². The third-order valence-electron chi connectivity index (χ3n) is 7.07. The van der Waals surface area contributed by atoms with E-state index in [4.69, 9.17) is 4.74 Å². The van der Waals surface area contributed by atoms with E-state index in [0.29, 0.717) is 11.9 Å². The molecule has 1 aliphatic carbocycles. The maximum atomic E-state index is 13.8. The van der Waals surface area contributed by atoms with Crippen molar-refractivity contribution in [3.05, 3.63) is 12.4 Å². The molecule has 3 saturated heterocycles. The number of piperazine rings is 1. The first kappa shape index (κ1) is 17.6. The molecule has 7 nitrogen and oxygen atoms in total. The van der Waals surface area contributed by atoms with E-state index in [0.717, 1.165) is 76.8 Å². The maximum absolute atomic E-state index is 13.8. The van der Waals surface area contributed by atoms with Gasteiger partial charge in [0.15, 0.2) is 0 Å². The van der Waals surface area contributed by atoms with Crippen LogP contribution in [0, 0.1) is 5.92 Å². The van der Waals surface area contributed by atoms with Crippen LogP contribution in [0.3, 0.4) is 0 Å². The maximum Gasteiger partial charge on any atom is 0.247 e. The Hall–Kier alpha value is -1.44. The van der Waals surface area contributed by atoms with E-state index < -0.39 is 0 Å². The molecule has 1 aromatic heterocycles. The summed E-state index contributed by atoms with van der Waals surface area (Å²) in [5.41, 5.74) is 0.617. The Morgan fingerprint density at radius 1 is 1.19 bits per heavy atom. The summed E-state index contributed by atoms with van der Waals surface area (Å²) in [5, 5.41) is 4.29. The van der Waals surface area contributed by atoms with Gasteiger partial charge in [-0.3, -0.25) is 19.3 Å². The van der Waals surface area contributed by atoms with Gasteiger partial charge in [0, 0.05) is 58.6 Å². The number of ether oxygens (including phenoxy) is 1. The number of rotatable bonds is 4. The van der Waals surface area contributed by atoms with E-state index in [1.165, 1.54) is 12.8 Å². The molecule has 0 bridgehead atoms. The first-order chi connectivity index (χ1) is 13.2. The molecule has 0 aromatic carbocycles. The van der Waals surface area contributed by atoms with Gasteiger partial charge in [-0.2, -0.15) is 5.10 Å². The number of likely N-dealkylation sites (tertiary alicyclic amines) is 1. The number of carbonyl (C=O) groups excluding carboxylic acids is 1. The van der Waals surface area contributed by atoms with Crippen molar-refractivity contribution >= 4 is 11.6 Å². The molecule has 5 rings (SSSR count). The second-order valence-corrected chi connectivity index (χ2v) is 8.80. The van der Waals surface area contributed by atoms with Crippen LogP contribution in [0.5, 0.6) is 0 Å². The van der Waals surface area contributed by atoms with Gasteiger partial charge >= 0.3 is 0 Å². The van der Waals surface area contributed by atoms with Crippen molar-refractivity contribution in [3.8, 4) is 0 Å². The summed E-state index contributed by atoms with van der Waals surface area (Å²) in [6, 6.07) is 0.548. The molecule has 1 saturated carbocycles. The number of hydrogen-bond donors (Lipinski definition) is 0.